The summed E-state index contributed by atoms with van der Waals surface area (Å²) >= 11 is 0. The molecule has 54 heavy (non-hydrogen) atoms. The largest absolute Gasteiger partial charge is 0.309 e. The van der Waals surface area contributed by atoms with Crippen molar-refractivity contribution in [2.75, 3.05) is 4.90 Å². The summed E-state index contributed by atoms with van der Waals surface area (Å²) in [4.78, 5) is 2.57. The van der Waals surface area contributed by atoms with E-state index < -0.39 is 0 Å². The highest BCUT2D eigenvalue weighted by Gasteiger charge is 2.41. The molecule has 10 rings (SSSR count). The van der Waals surface area contributed by atoms with Crippen LogP contribution in [0.5, 0.6) is 0 Å². The van der Waals surface area contributed by atoms with E-state index in [-0.39, 0.29) is 16.2 Å². The molecule has 1 heteroatoms. The Hall–Kier alpha value is -5.66. The standard InChI is InChI=1S/C53H47N/c1-32-23-28-39-44(29-32)53(7,8)45-30-33(2)31-47(50(39)45)54(46-22-14-21-43-49(46)38-16-10-12-19-41(38)52(43,5)6)35-26-24-34(25-27-35)36-17-13-20-42-48(36)37-15-9-11-18-40(37)51(42,3)4/h9-31H,1-8H3. The van der Waals surface area contributed by atoms with Gasteiger partial charge in [0.25, 0.3) is 0 Å². The number of fused-ring (bicyclic) bond motifs is 9. The quantitative estimate of drug-likeness (QED) is 0.177. The molecule has 0 fully saturated rings. The Balaban J connectivity index is 1.23. The van der Waals surface area contributed by atoms with E-state index in [2.05, 4.69) is 200 Å². The van der Waals surface area contributed by atoms with Crippen molar-refractivity contribution in [2.24, 2.45) is 0 Å². The van der Waals surface area contributed by atoms with Gasteiger partial charge in [-0.2, -0.15) is 0 Å². The summed E-state index contributed by atoms with van der Waals surface area (Å²) < 4.78 is 0. The van der Waals surface area contributed by atoms with Gasteiger partial charge < -0.3 is 4.90 Å². The Kier molecular flexibility index (Phi) is 6.82. The van der Waals surface area contributed by atoms with Crippen LogP contribution in [-0.4, -0.2) is 0 Å². The third kappa shape index (κ3) is 4.39. The van der Waals surface area contributed by atoms with Gasteiger partial charge in [-0.15, -0.1) is 0 Å². The summed E-state index contributed by atoms with van der Waals surface area (Å²) in [5.41, 5.74) is 24.9. The van der Waals surface area contributed by atoms with Crippen LogP contribution in [0.2, 0.25) is 0 Å². The lowest BCUT2D eigenvalue weighted by Gasteiger charge is -2.31. The summed E-state index contributed by atoms with van der Waals surface area (Å²) in [7, 11) is 0. The maximum Gasteiger partial charge on any atom is 0.0546 e. The zero-order valence-electron chi connectivity index (χ0n) is 32.7. The average molecular weight is 698 g/mol. The summed E-state index contributed by atoms with van der Waals surface area (Å²) in [6.07, 6.45) is 0. The highest BCUT2D eigenvalue weighted by atomic mass is 15.1. The topological polar surface area (TPSA) is 3.24 Å². The van der Waals surface area contributed by atoms with Crippen molar-refractivity contribution >= 4 is 17.1 Å². The van der Waals surface area contributed by atoms with Crippen LogP contribution >= 0.6 is 0 Å². The molecule has 0 spiro atoms. The second kappa shape index (κ2) is 11.2. The van der Waals surface area contributed by atoms with Gasteiger partial charge in [-0.05, 0) is 110 Å². The Morgan fingerprint density at radius 3 is 1.54 bits per heavy atom. The van der Waals surface area contributed by atoms with Crippen LogP contribution in [0.25, 0.3) is 44.5 Å². The SMILES string of the molecule is Cc1ccc2c(c1)C(C)(C)c1cc(C)cc(N(c3ccc(-c4cccc5c4-c4ccccc4C5(C)C)cc3)c3cccc4c3-c3ccccc3C4(C)C)c1-2. The Labute approximate surface area is 321 Å². The summed E-state index contributed by atoms with van der Waals surface area (Å²) in [5.74, 6) is 0. The van der Waals surface area contributed by atoms with E-state index in [4.69, 9.17) is 0 Å². The molecule has 0 amide bonds. The average Bonchev–Trinajstić information content (AvgIpc) is 3.65. The smallest absolute Gasteiger partial charge is 0.0546 e. The van der Waals surface area contributed by atoms with Crippen molar-refractivity contribution in [2.45, 2.75) is 71.6 Å². The number of benzene rings is 7. The number of rotatable bonds is 4. The number of aryl methyl sites for hydroxylation is 2. The first kappa shape index (κ1) is 32.9. The minimum atomic E-state index is -0.113. The maximum atomic E-state index is 2.57. The normalized spacial score (nSPS) is 15.9. The second-order valence-electron chi connectivity index (χ2n) is 17.5. The van der Waals surface area contributed by atoms with Crippen molar-refractivity contribution < 1.29 is 0 Å². The van der Waals surface area contributed by atoms with Crippen molar-refractivity contribution in [3.63, 3.8) is 0 Å². The second-order valence-corrected chi connectivity index (χ2v) is 17.5. The third-order valence-corrected chi connectivity index (χ3v) is 13.2. The minimum Gasteiger partial charge on any atom is -0.309 e. The van der Waals surface area contributed by atoms with E-state index in [0.717, 1.165) is 5.69 Å². The van der Waals surface area contributed by atoms with Gasteiger partial charge in [0.15, 0.2) is 0 Å². The molecule has 0 radical (unpaired) electrons. The number of nitrogens with zero attached hydrogens (tertiary/aromatic N) is 1. The number of hydrogen-bond acceptors (Lipinski definition) is 1. The molecule has 7 aromatic rings. The fourth-order valence-corrected chi connectivity index (χ4v) is 10.4. The molecule has 0 unspecified atom stereocenters. The molecule has 0 heterocycles. The number of hydrogen-bond donors (Lipinski definition) is 0. The monoisotopic (exact) mass is 697 g/mol. The molecule has 264 valence electrons. The molecule has 0 saturated heterocycles. The molecular formula is C53H47N. The highest BCUT2D eigenvalue weighted by Crippen LogP contribution is 2.59. The zero-order chi connectivity index (χ0) is 37.3. The highest BCUT2D eigenvalue weighted by molar-refractivity contribution is 6.01. The van der Waals surface area contributed by atoms with Crippen molar-refractivity contribution in [1.82, 2.24) is 0 Å². The predicted octanol–water partition coefficient (Wildman–Crippen LogP) is 14.4. The molecule has 7 aromatic carbocycles. The fraction of sp³-hybridized carbons (Fsp3) is 0.208. The van der Waals surface area contributed by atoms with Crippen LogP contribution in [0.1, 0.15) is 86.1 Å². The van der Waals surface area contributed by atoms with Crippen molar-refractivity contribution in [3.8, 4) is 44.5 Å². The first-order valence-electron chi connectivity index (χ1n) is 19.5. The maximum absolute atomic E-state index is 2.57. The third-order valence-electron chi connectivity index (χ3n) is 13.2. The zero-order valence-corrected chi connectivity index (χ0v) is 32.7. The van der Waals surface area contributed by atoms with E-state index in [1.807, 2.05) is 0 Å². The first-order chi connectivity index (χ1) is 25.9. The van der Waals surface area contributed by atoms with Gasteiger partial charge >= 0.3 is 0 Å². The van der Waals surface area contributed by atoms with Gasteiger partial charge in [-0.25, -0.2) is 0 Å². The minimum absolute atomic E-state index is 0.0371. The molecule has 3 aliphatic carbocycles. The van der Waals surface area contributed by atoms with Crippen LogP contribution in [0.4, 0.5) is 17.1 Å². The van der Waals surface area contributed by atoms with E-state index in [1.54, 1.807) is 0 Å². The molecule has 0 N–H and O–H groups in total. The molecule has 0 bridgehead atoms. The van der Waals surface area contributed by atoms with Crippen LogP contribution in [0.15, 0.2) is 140 Å². The van der Waals surface area contributed by atoms with Crippen LogP contribution in [-0.2, 0) is 16.2 Å². The lowest BCUT2D eigenvalue weighted by atomic mass is 9.81. The molecular weight excluding hydrogens is 651 g/mol. The lowest BCUT2D eigenvalue weighted by molar-refractivity contribution is 0.659. The Bertz CT molecular complexity index is 2700. The van der Waals surface area contributed by atoms with Crippen LogP contribution in [0, 0.1) is 13.8 Å². The molecule has 1 nitrogen and oxygen atoms in total. The molecule has 0 saturated carbocycles. The summed E-state index contributed by atoms with van der Waals surface area (Å²) in [6.45, 7) is 18.8. The predicted molar refractivity (Wildman–Crippen MR) is 229 cm³/mol. The van der Waals surface area contributed by atoms with Gasteiger partial charge in [-0.3, -0.25) is 0 Å². The van der Waals surface area contributed by atoms with Gasteiger partial charge in [0.05, 0.1) is 11.4 Å². The Morgan fingerprint density at radius 2 is 0.852 bits per heavy atom. The molecule has 3 aliphatic rings. The van der Waals surface area contributed by atoms with Gasteiger partial charge in [0, 0.05) is 33.1 Å². The molecule has 0 aliphatic heterocycles. The molecule has 0 atom stereocenters. The van der Waals surface area contributed by atoms with Crippen LogP contribution in [0.3, 0.4) is 0 Å². The van der Waals surface area contributed by atoms with E-state index in [9.17, 15) is 0 Å². The van der Waals surface area contributed by atoms with Crippen molar-refractivity contribution in [1.29, 1.82) is 0 Å². The van der Waals surface area contributed by atoms with Gasteiger partial charge in [-0.1, -0.05) is 162 Å². The van der Waals surface area contributed by atoms with E-state index >= 15 is 0 Å². The Morgan fingerprint density at radius 1 is 0.352 bits per heavy atom. The van der Waals surface area contributed by atoms with E-state index in [0.29, 0.717) is 0 Å². The van der Waals surface area contributed by atoms with Gasteiger partial charge in [0.1, 0.15) is 0 Å². The summed E-state index contributed by atoms with van der Waals surface area (Å²) in [5, 5.41) is 0. The lowest BCUT2D eigenvalue weighted by Crippen LogP contribution is -2.17. The van der Waals surface area contributed by atoms with E-state index in [1.165, 1.54) is 100 Å². The molecule has 0 aromatic heterocycles. The summed E-state index contributed by atoms with van der Waals surface area (Å²) in [6, 6.07) is 53.2. The number of anilines is 3. The first-order valence-corrected chi connectivity index (χ1v) is 19.5. The van der Waals surface area contributed by atoms with Crippen LogP contribution < -0.4 is 4.90 Å². The van der Waals surface area contributed by atoms with Crippen molar-refractivity contribution in [3.05, 3.63) is 184 Å². The van der Waals surface area contributed by atoms with Gasteiger partial charge in [0.2, 0.25) is 0 Å². The fourth-order valence-electron chi connectivity index (χ4n) is 10.4.